The first-order valence-corrected chi connectivity index (χ1v) is 9.83. The van der Waals surface area contributed by atoms with Gasteiger partial charge in [-0.15, -0.1) is 0 Å². The Labute approximate surface area is 181 Å². The smallest absolute Gasteiger partial charge is 0.475 e. The first-order valence-electron chi connectivity index (χ1n) is 9.83. The van der Waals surface area contributed by atoms with E-state index in [1.807, 2.05) is 0 Å². The Morgan fingerprint density at radius 2 is 1.41 bits per heavy atom. The van der Waals surface area contributed by atoms with Crippen molar-refractivity contribution in [2.75, 3.05) is 32.7 Å². The van der Waals surface area contributed by atoms with E-state index < -0.39 is 24.3 Å². The second-order valence-corrected chi connectivity index (χ2v) is 7.42. The molecule has 1 atom stereocenters. The van der Waals surface area contributed by atoms with Crippen molar-refractivity contribution in [3.05, 3.63) is 35.9 Å². The van der Waals surface area contributed by atoms with Gasteiger partial charge in [-0.05, 0) is 31.4 Å². The van der Waals surface area contributed by atoms with Crippen LogP contribution in [-0.4, -0.2) is 82.6 Å². The van der Waals surface area contributed by atoms with Gasteiger partial charge in [0.15, 0.2) is 0 Å². The molecule has 0 saturated carbocycles. The largest absolute Gasteiger partial charge is 0.490 e. The van der Waals surface area contributed by atoms with E-state index in [-0.39, 0.29) is 0 Å². The maximum absolute atomic E-state index is 10.6. The summed E-state index contributed by atoms with van der Waals surface area (Å²) in [5.74, 6) is -5.51. The van der Waals surface area contributed by atoms with Crippen LogP contribution in [0.3, 0.4) is 0 Å². The highest BCUT2D eigenvalue weighted by Crippen LogP contribution is 2.38. The van der Waals surface area contributed by atoms with Gasteiger partial charge in [-0.25, -0.2) is 9.59 Å². The average molecular weight is 472 g/mol. The van der Waals surface area contributed by atoms with Crippen molar-refractivity contribution in [3.63, 3.8) is 0 Å². The van der Waals surface area contributed by atoms with E-state index in [0.29, 0.717) is 5.54 Å². The second-order valence-electron chi connectivity index (χ2n) is 7.42. The third-order valence-electron chi connectivity index (χ3n) is 5.36. The first kappa shape index (κ1) is 27.7. The van der Waals surface area contributed by atoms with E-state index in [1.54, 1.807) is 0 Å². The van der Waals surface area contributed by atoms with Gasteiger partial charge in [0.1, 0.15) is 0 Å². The number of carbonyl (C=O) groups is 2. The third kappa shape index (κ3) is 8.65. The zero-order valence-electron chi connectivity index (χ0n) is 17.4. The Hall–Kier alpha value is -2.34. The number of likely N-dealkylation sites (tertiary alicyclic amines) is 2. The maximum Gasteiger partial charge on any atom is 0.490 e. The summed E-state index contributed by atoms with van der Waals surface area (Å²) in [6, 6.07) is 10.9. The number of rotatable bonds is 4. The van der Waals surface area contributed by atoms with Crippen molar-refractivity contribution < 1.29 is 46.1 Å². The summed E-state index contributed by atoms with van der Waals surface area (Å²) in [5.41, 5.74) is 2.03. The Kier molecular flexibility index (Phi) is 9.96. The van der Waals surface area contributed by atoms with Crippen LogP contribution in [-0.2, 0) is 16.0 Å². The minimum Gasteiger partial charge on any atom is -0.475 e. The van der Waals surface area contributed by atoms with Crippen molar-refractivity contribution in [2.24, 2.45) is 0 Å². The molecule has 2 aliphatic heterocycles. The summed E-state index contributed by atoms with van der Waals surface area (Å²) < 4.78 is 63.5. The van der Waals surface area contributed by atoms with Crippen LogP contribution >= 0.6 is 0 Å². The van der Waals surface area contributed by atoms with Gasteiger partial charge >= 0.3 is 24.3 Å². The molecule has 12 heteroatoms. The lowest BCUT2D eigenvalue weighted by Crippen LogP contribution is -2.60. The Morgan fingerprint density at radius 3 is 1.78 bits per heavy atom. The molecule has 2 fully saturated rings. The molecule has 2 heterocycles. The fraction of sp³-hybridized carbons (Fsp3) is 0.600. The van der Waals surface area contributed by atoms with Gasteiger partial charge in [0, 0.05) is 31.7 Å². The quantitative estimate of drug-likeness (QED) is 0.651. The Balaban J connectivity index is 0.000000305. The zero-order chi connectivity index (χ0) is 24.6. The molecule has 2 aliphatic rings. The third-order valence-corrected chi connectivity index (χ3v) is 5.36. The molecule has 1 unspecified atom stereocenters. The lowest BCUT2D eigenvalue weighted by Gasteiger charge is -2.50. The van der Waals surface area contributed by atoms with Crippen LogP contribution in [0.1, 0.15) is 25.3 Å². The molecule has 0 bridgehead atoms. The molecule has 0 aromatic heterocycles. The number of aliphatic carboxylic acids is 2. The monoisotopic (exact) mass is 472 g/mol. The highest BCUT2D eigenvalue weighted by molar-refractivity contribution is 5.73. The van der Waals surface area contributed by atoms with Gasteiger partial charge < -0.3 is 15.1 Å². The number of carboxylic acids is 2. The summed E-state index contributed by atoms with van der Waals surface area (Å²) >= 11 is 0. The van der Waals surface area contributed by atoms with E-state index in [2.05, 4.69) is 47.1 Å². The van der Waals surface area contributed by atoms with E-state index in [0.717, 1.165) is 0 Å². The number of hydrogen-bond acceptors (Lipinski definition) is 4. The molecule has 2 saturated heterocycles. The lowest BCUT2D eigenvalue weighted by molar-refractivity contribution is -0.193. The Bertz CT molecular complexity index is 716. The fourth-order valence-corrected chi connectivity index (χ4v) is 3.61. The van der Waals surface area contributed by atoms with Crippen LogP contribution in [0.5, 0.6) is 0 Å². The van der Waals surface area contributed by atoms with Crippen molar-refractivity contribution >= 4 is 11.9 Å². The lowest BCUT2D eigenvalue weighted by atomic mass is 9.84. The molecule has 1 aromatic rings. The predicted molar refractivity (Wildman–Crippen MR) is 103 cm³/mol. The molecule has 2 N–H and O–H groups in total. The van der Waals surface area contributed by atoms with Gasteiger partial charge in [0.2, 0.25) is 0 Å². The van der Waals surface area contributed by atoms with Crippen LogP contribution in [0, 0.1) is 0 Å². The number of benzene rings is 1. The van der Waals surface area contributed by atoms with Gasteiger partial charge in [0.25, 0.3) is 0 Å². The van der Waals surface area contributed by atoms with Crippen molar-refractivity contribution in [1.29, 1.82) is 0 Å². The molecule has 182 valence electrons. The standard InChI is InChI=1S/C16H24N2.2C2HF3O2/c1-2-18-13-10-16(18)9-12-17(14-16)11-8-15-6-4-3-5-7-15;2*3-2(4,5)1(6)7/h3-7H,2,8-14H2,1H3;2*(H,6,7). The van der Waals surface area contributed by atoms with Gasteiger partial charge in [-0.1, -0.05) is 37.3 Å². The van der Waals surface area contributed by atoms with E-state index in [9.17, 15) is 26.3 Å². The maximum atomic E-state index is 10.6. The number of hydrogen-bond donors (Lipinski definition) is 2. The van der Waals surface area contributed by atoms with Crippen molar-refractivity contribution in [1.82, 2.24) is 9.80 Å². The molecule has 1 spiro atoms. The zero-order valence-corrected chi connectivity index (χ0v) is 17.4. The molecule has 6 nitrogen and oxygen atoms in total. The minimum absolute atomic E-state index is 0.561. The molecular formula is C20H26F6N2O4. The summed E-state index contributed by atoms with van der Waals surface area (Å²) in [6.07, 6.45) is -6.17. The summed E-state index contributed by atoms with van der Waals surface area (Å²) in [5, 5.41) is 14.2. The molecule has 3 rings (SSSR count). The number of nitrogens with zero attached hydrogens (tertiary/aromatic N) is 2. The van der Waals surface area contributed by atoms with Crippen LogP contribution in [0.15, 0.2) is 30.3 Å². The number of halogens is 6. The molecule has 0 amide bonds. The van der Waals surface area contributed by atoms with Gasteiger partial charge in [-0.2, -0.15) is 26.3 Å². The molecular weight excluding hydrogens is 446 g/mol. The second kappa shape index (κ2) is 11.5. The molecule has 1 aromatic carbocycles. The highest BCUT2D eigenvalue weighted by Gasteiger charge is 2.47. The number of carboxylic acid groups (broad SMARTS) is 2. The molecule has 0 aliphatic carbocycles. The summed E-state index contributed by atoms with van der Waals surface area (Å²) in [4.78, 5) is 23.1. The number of likely N-dealkylation sites (N-methyl/N-ethyl adjacent to an activating group) is 1. The fourth-order valence-electron chi connectivity index (χ4n) is 3.61. The van der Waals surface area contributed by atoms with Crippen LogP contribution < -0.4 is 0 Å². The average Bonchev–Trinajstić information content (AvgIpc) is 3.13. The van der Waals surface area contributed by atoms with E-state index in [1.165, 1.54) is 57.5 Å². The van der Waals surface area contributed by atoms with Gasteiger partial charge in [0.05, 0.1) is 0 Å². The van der Waals surface area contributed by atoms with E-state index in [4.69, 9.17) is 19.8 Å². The summed E-state index contributed by atoms with van der Waals surface area (Å²) in [6.45, 7) is 8.67. The van der Waals surface area contributed by atoms with Gasteiger partial charge in [-0.3, -0.25) is 4.90 Å². The predicted octanol–water partition coefficient (Wildman–Crippen LogP) is 3.67. The van der Waals surface area contributed by atoms with Crippen LogP contribution in [0.25, 0.3) is 0 Å². The number of alkyl halides is 6. The normalized spacial score (nSPS) is 21.1. The SMILES string of the molecule is CCN1CCC12CCN(CCc1ccccc1)C2.O=C(O)C(F)(F)F.O=C(O)C(F)(F)F. The first-order chi connectivity index (χ1) is 14.7. The summed E-state index contributed by atoms with van der Waals surface area (Å²) in [7, 11) is 0. The molecule has 32 heavy (non-hydrogen) atoms. The minimum atomic E-state index is -5.08. The highest BCUT2D eigenvalue weighted by atomic mass is 19.4. The Morgan fingerprint density at radius 1 is 0.938 bits per heavy atom. The van der Waals surface area contributed by atoms with Crippen molar-refractivity contribution in [2.45, 2.75) is 44.1 Å². The molecule has 0 radical (unpaired) electrons. The topological polar surface area (TPSA) is 81.1 Å². The van der Waals surface area contributed by atoms with Crippen molar-refractivity contribution in [3.8, 4) is 0 Å². The van der Waals surface area contributed by atoms with E-state index >= 15 is 0 Å². The van der Waals surface area contributed by atoms with Crippen LogP contribution in [0.2, 0.25) is 0 Å². The van der Waals surface area contributed by atoms with Crippen LogP contribution in [0.4, 0.5) is 26.3 Å².